The Labute approximate surface area is 131 Å². The van der Waals surface area contributed by atoms with Crippen LogP contribution in [0, 0.1) is 11.7 Å². The molecular weight excluding hydrogens is 343 g/mol. The first-order chi connectivity index (χ1) is 9.60. The van der Waals surface area contributed by atoms with Gasteiger partial charge in [0.15, 0.2) is 0 Å². The lowest BCUT2D eigenvalue weighted by atomic mass is 9.93. The third-order valence-electron chi connectivity index (χ3n) is 3.23. The van der Waals surface area contributed by atoms with Gasteiger partial charge in [-0.1, -0.05) is 51.8 Å². The van der Waals surface area contributed by atoms with Crippen LogP contribution < -0.4 is 0 Å². The van der Waals surface area contributed by atoms with Crippen molar-refractivity contribution in [1.29, 1.82) is 0 Å². The molecule has 106 valence electrons. The second-order valence-corrected chi connectivity index (χ2v) is 6.06. The predicted molar refractivity (Wildman–Crippen MR) is 83.5 cm³/mol. The van der Waals surface area contributed by atoms with Crippen LogP contribution in [0.3, 0.4) is 0 Å². The van der Waals surface area contributed by atoms with Crippen LogP contribution >= 0.6 is 27.5 Å². The molecule has 2 aromatic carbocycles. The Balaban J connectivity index is 2.09. The number of hydrogen-bond acceptors (Lipinski definition) is 1. The van der Waals surface area contributed by atoms with Crippen molar-refractivity contribution in [1.82, 2.24) is 0 Å². The molecule has 1 atom stereocenters. The highest BCUT2D eigenvalue weighted by Gasteiger charge is 2.12. The number of hydrogen-bond donors (Lipinski definition) is 1. The number of aliphatic hydroxyl groups excluding tert-OH is 1. The van der Waals surface area contributed by atoms with Gasteiger partial charge in [0.05, 0.1) is 5.02 Å². The minimum Gasteiger partial charge on any atom is -0.396 e. The fourth-order valence-corrected chi connectivity index (χ4v) is 2.83. The molecule has 2 aromatic rings. The summed E-state index contributed by atoms with van der Waals surface area (Å²) in [6.07, 6.45) is 1.42. The maximum absolute atomic E-state index is 13.1. The summed E-state index contributed by atoms with van der Waals surface area (Å²) in [6, 6.07) is 12.7. The van der Waals surface area contributed by atoms with Gasteiger partial charge in [0.25, 0.3) is 0 Å². The van der Waals surface area contributed by atoms with Crippen molar-refractivity contribution >= 4 is 27.5 Å². The van der Waals surface area contributed by atoms with E-state index in [4.69, 9.17) is 11.6 Å². The van der Waals surface area contributed by atoms with E-state index in [0.717, 1.165) is 22.0 Å². The van der Waals surface area contributed by atoms with Crippen LogP contribution in [-0.4, -0.2) is 11.7 Å². The summed E-state index contributed by atoms with van der Waals surface area (Å²) in [5, 5.41) is 9.67. The van der Waals surface area contributed by atoms with Gasteiger partial charge >= 0.3 is 0 Å². The van der Waals surface area contributed by atoms with Gasteiger partial charge in [-0.15, -0.1) is 0 Å². The van der Waals surface area contributed by atoms with E-state index >= 15 is 0 Å². The largest absolute Gasteiger partial charge is 0.396 e. The number of benzene rings is 2. The average molecular weight is 358 g/mol. The third-order valence-corrected chi connectivity index (χ3v) is 4.30. The van der Waals surface area contributed by atoms with Crippen LogP contribution in [0.5, 0.6) is 0 Å². The topological polar surface area (TPSA) is 20.2 Å². The molecule has 0 radical (unpaired) electrons. The second kappa shape index (κ2) is 7.21. The van der Waals surface area contributed by atoms with Crippen molar-refractivity contribution in [2.24, 2.45) is 5.92 Å². The molecule has 0 spiro atoms. The molecular formula is C16H15BrClFO. The zero-order chi connectivity index (χ0) is 14.5. The summed E-state index contributed by atoms with van der Waals surface area (Å²) in [6.45, 7) is 0.0797. The molecule has 0 fully saturated rings. The molecule has 1 N–H and O–H groups in total. The van der Waals surface area contributed by atoms with Crippen LogP contribution in [0.1, 0.15) is 11.1 Å². The number of aliphatic hydroxyl groups is 1. The van der Waals surface area contributed by atoms with Gasteiger partial charge < -0.3 is 5.11 Å². The van der Waals surface area contributed by atoms with Crippen LogP contribution in [0.4, 0.5) is 4.39 Å². The highest BCUT2D eigenvalue weighted by atomic mass is 79.9. The van der Waals surface area contributed by atoms with Gasteiger partial charge in [-0.25, -0.2) is 4.39 Å². The van der Waals surface area contributed by atoms with Gasteiger partial charge in [0.2, 0.25) is 0 Å². The van der Waals surface area contributed by atoms with E-state index in [1.54, 1.807) is 12.1 Å². The van der Waals surface area contributed by atoms with Gasteiger partial charge in [0.1, 0.15) is 5.82 Å². The standard InChI is InChI=1S/C16H15BrClFO/c17-14-4-2-1-3-13(14)8-12(10-20)7-11-5-6-16(19)15(18)9-11/h1-6,9,12,20H,7-8,10H2. The van der Waals surface area contributed by atoms with Gasteiger partial charge in [-0.05, 0) is 48.1 Å². The lowest BCUT2D eigenvalue weighted by Crippen LogP contribution is -2.13. The molecule has 0 aliphatic heterocycles. The van der Waals surface area contributed by atoms with Crippen molar-refractivity contribution in [3.05, 3.63) is 68.9 Å². The average Bonchev–Trinajstić information content (AvgIpc) is 2.44. The quantitative estimate of drug-likeness (QED) is 0.827. The van der Waals surface area contributed by atoms with E-state index in [1.165, 1.54) is 6.07 Å². The Morgan fingerprint density at radius 2 is 1.90 bits per heavy atom. The lowest BCUT2D eigenvalue weighted by molar-refractivity contribution is 0.225. The number of halogens is 3. The maximum Gasteiger partial charge on any atom is 0.141 e. The van der Waals surface area contributed by atoms with Crippen molar-refractivity contribution in [2.45, 2.75) is 12.8 Å². The summed E-state index contributed by atoms with van der Waals surface area (Å²) in [7, 11) is 0. The first kappa shape index (κ1) is 15.5. The van der Waals surface area contributed by atoms with Crippen molar-refractivity contribution in [3.8, 4) is 0 Å². The molecule has 0 amide bonds. The van der Waals surface area contributed by atoms with E-state index < -0.39 is 5.82 Å². The fraction of sp³-hybridized carbons (Fsp3) is 0.250. The minimum atomic E-state index is -0.415. The van der Waals surface area contributed by atoms with Crippen LogP contribution in [0.15, 0.2) is 46.9 Å². The zero-order valence-corrected chi connectivity index (χ0v) is 13.2. The number of rotatable bonds is 5. The summed E-state index contributed by atoms with van der Waals surface area (Å²) in [5.74, 6) is -0.336. The third kappa shape index (κ3) is 4.05. The maximum atomic E-state index is 13.1. The molecule has 1 unspecified atom stereocenters. The van der Waals surface area contributed by atoms with Crippen LogP contribution in [0.25, 0.3) is 0 Å². The molecule has 0 aliphatic carbocycles. The van der Waals surface area contributed by atoms with E-state index in [2.05, 4.69) is 15.9 Å². The molecule has 2 rings (SSSR count). The van der Waals surface area contributed by atoms with Gasteiger partial charge in [0, 0.05) is 11.1 Å². The van der Waals surface area contributed by atoms with Crippen molar-refractivity contribution < 1.29 is 9.50 Å². The molecule has 1 nitrogen and oxygen atoms in total. The molecule has 0 heterocycles. The molecule has 0 saturated heterocycles. The molecule has 0 bridgehead atoms. The molecule has 4 heteroatoms. The minimum absolute atomic E-state index is 0.0789. The molecule has 20 heavy (non-hydrogen) atoms. The fourth-order valence-electron chi connectivity index (χ4n) is 2.18. The van der Waals surface area contributed by atoms with Crippen molar-refractivity contribution in [2.75, 3.05) is 6.61 Å². The highest BCUT2D eigenvalue weighted by molar-refractivity contribution is 9.10. The second-order valence-electron chi connectivity index (χ2n) is 4.80. The SMILES string of the molecule is OCC(Cc1ccc(F)c(Cl)c1)Cc1ccccc1Br. The Morgan fingerprint density at radius 1 is 1.15 bits per heavy atom. The smallest absolute Gasteiger partial charge is 0.141 e. The molecule has 0 saturated carbocycles. The van der Waals surface area contributed by atoms with E-state index in [9.17, 15) is 9.50 Å². The Bertz CT molecular complexity index is 588. The molecule has 0 aliphatic rings. The van der Waals surface area contributed by atoms with E-state index in [0.29, 0.717) is 6.42 Å². The monoisotopic (exact) mass is 356 g/mol. The lowest BCUT2D eigenvalue weighted by Gasteiger charge is -2.15. The van der Waals surface area contributed by atoms with E-state index in [-0.39, 0.29) is 17.5 Å². The van der Waals surface area contributed by atoms with Gasteiger partial charge in [-0.3, -0.25) is 0 Å². The van der Waals surface area contributed by atoms with Gasteiger partial charge in [-0.2, -0.15) is 0 Å². The zero-order valence-electron chi connectivity index (χ0n) is 10.8. The first-order valence-corrected chi connectivity index (χ1v) is 7.55. The predicted octanol–water partition coefficient (Wildman–Crippen LogP) is 4.64. The normalized spacial score (nSPS) is 12.4. The molecule has 0 aromatic heterocycles. The van der Waals surface area contributed by atoms with E-state index in [1.807, 2.05) is 24.3 Å². The van der Waals surface area contributed by atoms with Crippen molar-refractivity contribution in [3.63, 3.8) is 0 Å². The summed E-state index contributed by atoms with van der Waals surface area (Å²) in [4.78, 5) is 0. The summed E-state index contributed by atoms with van der Waals surface area (Å²) in [5.41, 5.74) is 2.09. The van der Waals surface area contributed by atoms with Crippen LogP contribution in [-0.2, 0) is 12.8 Å². The Kier molecular flexibility index (Phi) is 5.58. The Hall–Kier alpha value is -0.900. The van der Waals surface area contributed by atoms with Crippen LogP contribution in [0.2, 0.25) is 5.02 Å². The summed E-state index contributed by atoms with van der Waals surface area (Å²) >= 11 is 9.29. The first-order valence-electron chi connectivity index (χ1n) is 6.38. The summed E-state index contributed by atoms with van der Waals surface area (Å²) < 4.78 is 14.2. The highest BCUT2D eigenvalue weighted by Crippen LogP contribution is 2.23. The Morgan fingerprint density at radius 3 is 2.55 bits per heavy atom.